The third-order valence-corrected chi connectivity index (χ3v) is 3.84. The van der Waals surface area contributed by atoms with Crippen LogP contribution in [0.4, 0.5) is 0 Å². The van der Waals surface area contributed by atoms with Gasteiger partial charge in [0.15, 0.2) is 0 Å². The van der Waals surface area contributed by atoms with E-state index in [9.17, 15) is 10.2 Å². The molecule has 5 heteroatoms. The Balaban J connectivity index is 2.00. The number of hydrogen-bond acceptors (Lipinski definition) is 4. The first-order chi connectivity index (χ1) is 10.5. The lowest BCUT2D eigenvalue weighted by molar-refractivity contribution is 0.135. The molecule has 0 heterocycles. The van der Waals surface area contributed by atoms with Crippen molar-refractivity contribution in [1.29, 1.82) is 0 Å². The number of ether oxygens (including phenoxy) is 1. The zero-order valence-corrected chi connectivity index (χ0v) is 13.3. The standard InChI is InChI=1S/C17H20ClNO3/c1-11(17(21)12-3-5-14(18)6-4-12)19-10-13-9-15(22-2)7-8-16(13)20/h3-9,11,17,19-21H,10H2,1-2H3. The molecule has 4 nitrogen and oxygen atoms in total. The Morgan fingerprint density at radius 1 is 1.18 bits per heavy atom. The van der Waals surface area contributed by atoms with E-state index in [0.717, 1.165) is 11.1 Å². The zero-order chi connectivity index (χ0) is 16.1. The number of aliphatic hydroxyl groups is 1. The fourth-order valence-corrected chi connectivity index (χ4v) is 2.29. The number of hydrogen-bond donors (Lipinski definition) is 3. The molecule has 0 aliphatic heterocycles. The van der Waals surface area contributed by atoms with Gasteiger partial charge in [-0.25, -0.2) is 0 Å². The van der Waals surface area contributed by atoms with Gasteiger partial charge in [0.05, 0.1) is 13.2 Å². The molecule has 0 saturated carbocycles. The van der Waals surface area contributed by atoms with Crippen molar-refractivity contribution in [1.82, 2.24) is 5.32 Å². The van der Waals surface area contributed by atoms with Gasteiger partial charge in [0.25, 0.3) is 0 Å². The molecule has 0 fully saturated rings. The highest BCUT2D eigenvalue weighted by atomic mass is 35.5. The summed E-state index contributed by atoms with van der Waals surface area (Å²) < 4.78 is 5.14. The Kier molecular flexibility index (Phi) is 5.66. The van der Waals surface area contributed by atoms with Crippen LogP contribution in [0.2, 0.25) is 5.02 Å². The van der Waals surface area contributed by atoms with Crippen molar-refractivity contribution in [3.63, 3.8) is 0 Å². The molecule has 3 N–H and O–H groups in total. The van der Waals surface area contributed by atoms with Crippen molar-refractivity contribution in [2.24, 2.45) is 0 Å². The van der Waals surface area contributed by atoms with Gasteiger partial charge in [-0.3, -0.25) is 0 Å². The van der Waals surface area contributed by atoms with Crippen LogP contribution in [0.25, 0.3) is 0 Å². The Morgan fingerprint density at radius 3 is 2.50 bits per heavy atom. The highest BCUT2D eigenvalue weighted by Crippen LogP contribution is 2.24. The number of rotatable bonds is 6. The normalized spacial score (nSPS) is 13.6. The van der Waals surface area contributed by atoms with Crippen LogP contribution in [0, 0.1) is 0 Å². The summed E-state index contributed by atoms with van der Waals surface area (Å²) in [6, 6.07) is 12.0. The average molecular weight is 322 g/mol. The summed E-state index contributed by atoms with van der Waals surface area (Å²) in [4.78, 5) is 0. The molecule has 2 aromatic carbocycles. The molecule has 2 rings (SSSR count). The van der Waals surface area contributed by atoms with Gasteiger partial charge in [0.1, 0.15) is 11.5 Å². The van der Waals surface area contributed by atoms with Crippen LogP contribution in [-0.4, -0.2) is 23.4 Å². The topological polar surface area (TPSA) is 61.7 Å². The molecule has 0 bridgehead atoms. The van der Waals surface area contributed by atoms with Crippen LogP contribution < -0.4 is 10.1 Å². The van der Waals surface area contributed by atoms with Gasteiger partial charge >= 0.3 is 0 Å². The quantitative estimate of drug-likeness (QED) is 0.764. The van der Waals surface area contributed by atoms with E-state index < -0.39 is 6.10 Å². The molecule has 22 heavy (non-hydrogen) atoms. The Hall–Kier alpha value is -1.75. The molecule has 0 amide bonds. The van der Waals surface area contributed by atoms with Gasteiger partial charge in [-0.1, -0.05) is 23.7 Å². The maximum atomic E-state index is 10.3. The monoisotopic (exact) mass is 321 g/mol. The predicted octanol–water partition coefficient (Wildman–Crippen LogP) is 3.27. The SMILES string of the molecule is COc1ccc(O)c(CNC(C)C(O)c2ccc(Cl)cc2)c1. The highest BCUT2D eigenvalue weighted by molar-refractivity contribution is 6.30. The summed E-state index contributed by atoms with van der Waals surface area (Å²) in [7, 11) is 1.58. The molecule has 0 aromatic heterocycles. The second kappa shape index (κ2) is 7.49. The highest BCUT2D eigenvalue weighted by Gasteiger charge is 2.16. The fraction of sp³-hybridized carbons (Fsp3) is 0.294. The van der Waals surface area contributed by atoms with E-state index in [2.05, 4.69) is 5.32 Å². The van der Waals surface area contributed by atoms with E-state index in [-0.39, 0.29) is 11.8 Å². The van der Waals surface area contributed by atoms with Crippen LogP contribution in [-0.2, 0) is 6.54 Å². The molecule has 118 valence electrons. The molecule has 0 aliphatic carbocycles. The molecule has 0 aliphatic rings. The van der Waals surface area contributed by atoms with Crippen LogP contribution in [0.5, 0.6) is 11.5 Å². The molecular weight excluding hydrogens is 302 g/mol. The molecule has 2 atom stereocenters. The molecule has 0 radical (unpaired) electrons. The van der Waals surface area contributed by atoms with Crippen molar-refractivity contribution < 1.29 is 14.9 Å². The van der Waals surface area contributed by atoms with Gasteiger partial charge in [-0.05, 0) is 42.8 Å². The van der Waals surface area contributed by atoms with Crippen LogP contribution >= 0.6 is 11.6 Å². The fourth-order valence-electron chi connectivity index (χ4n) is 2.16. The molecule has 2 aromatic rings. The second-order valence-electron chi connectivity index (χ2n) is 5.16. The number of aliphatic hydroxyl groups excluding tert-OH is 1. The summed E-state index contributed by atoms with van der Waals surface area (Å²) in [5, 5.41) is 24.0. The van der Waals surface area contributed by atoms with Gasteiger partial charge in [-0.15, -0.1) is 0 Å². The van der Waals surface area contributed by atoms with Crippen molar-refractivity contribution in [3.8, 4) is 11.5 Å². The van der Waals surface area contributed by atoms with Crippen molar-refractivity contribution in [2.75, 3.05) is 7.11 Å². The largest absolute Gasteiger partial charge is 0.508 e. The van der Waals surface area contributed by atoms with E-state index in [0.29, 0.717) is 17.3 Å². The van der Waals surface area contributed by atoms with Gasteiger partial charge in [0, 0.05) is 23.2 Å². The summed E-state index contributed by atoms with van der Waals surface area (Å²) >= 11 is 5.85. The third kappa shape index (κ3) is 4.13. The van der Waals surface area contributed by atoms with E-state index in [1.165, 1.54) is 0 Å². The number of phenolic OH excluding ortho intramolecular Hbond substituents is 1. The minimum absolute atomic E-state index is 0.188. The number of halogens is 1. The summed E-state index contributed by atoms with van der Waals surface area (Å²) in [6.07, 6.45) is -0.662. The number of aromatic hydroxyl groups is 1. The average Bonchev–Trinajstić information content (AvgIpc) is 2.54. The smallest absolute Gasteiger partial charge is 0.120 e. The first kappa shape index (κ1) is 16.6. The number of methoxy groups -OCH3 is 1. The van der Waals surface area contributed by atoms with Gasteiger partial charge in [-0.2, -0.15) is 0 Å². The molecule has 0 saturated heterocycles. The molecule has 2 unspecified atom stereocenters. The maximum Gasteiger partial charge on any atom is 0.120 e. The van der Waals surface area contributed by atoms with Crippen LogP contribution in [0.15, 0.2) is 42.5 Å². The third-order valence-electron chi connectivity index (χ3n) is 3.59. The maximum absolute atomic E-state index is 10.3. The van der Waals surface area contributed by atoms with Crippen LogP contribution in [0.3, 0.4) is 0 Å². The van der Waals surface area contributed by atoms with Crippen LogP contribution in [0.1, 0.15) is 24.2 Å². The zero-order valence-electron chi connectivity index (χ0n) is 12.6. The summed E-state index contributed by atoms with van der Waals surface area (Å²) in [6.45, 7) is 2.31. The van der Waals surface area contributed by atoms with Crippen molar-refractivity contribution >= 4 is 11.6 Å². The van der Waals surface area contributed by atoms with E-state index in [1.807, 2.05) is 6.92 Å². The lowest BCUT2D eigenvalue weighted by Crippen LogP contribution is -2.31. The number of phenols is 1. The van der Waals surface area contributed by atoms with Gasteiger partial charge < -0.3 is 20.3 Å². The lowest BCUT2D eigenvalue weighted by Gasteiger charge is -2.21. The number of benzene rings is 2. The first-order valence-corrected chi connectivity index (χ1v) is 7.42. The van der Waals surface area contributed by atoms with Crippen molar-refractivity contribution in [3.05, 3.63) is 58.6 Å². The molecular formula is C17H20ClNO3. The summed E-state index contributed by atoms with van der Waals surface area (Å²) in [5.74, 6) is 0.877. The minimum atomic E-state index is -0.662. The summed E-state index contributed by atoms with van der Waals surface area (Å²) in [5.41, 5.74) is 1.51. The Labute approximate surface area is 135 Å². The predicted molar refractivity (Wildman–Crippen MR) is 87.4 cm³/mol. The van der Waals surface area contributed by atoms with Crippen molar-refractivity contribution in [2.45, 2.75) is 25.6 Å². The minimum Gasteiger partial charge on any atom is -0.508 e. The Morgan fingerprint density at radius 2 is 1.86 bits per heavy atom. The van der Waals surface area contributed by atoms with E-state index in [1.54, 1.807) is 49.6 Å². The number of nitrogens with one attached hydrogen (secondary N) is 1. The second-order valence-corrected chi connectivity index (χ2v) is 5.60. The van der Waals surface area contributed by atoms with E-state index in [4.69, 9.17) is 16.3 Å². The first-order valence-electron chi connectivity index (χ1n) is 7.04. The van der Waals surface area contributed by atoms with E-state index >= 15 is 0 Å². The Bertz CT molecular complexity index is 616. The van der Waals surface area contributed by atoms with Gasteiger partial charge in [0.2, 0.25) is 0 Å². The molecule has 0 spiro atoms. The lowest BCUT2D eigenvalue weighted by atomic mass is 10.0.